The van der Waals surface area contributed by atoms with Gasteiger partial charge in [0.1, 0.15) is 17.7 Å². The van der Waals surface area contributed by atoms with Gasteiger partial charge in [-0.3, -0.25) is 0 Å². The minimum Gasteiger partial charge on any atom is -0.493 e. The van der Waals surface area contributed by atoms with Crippen molar-refractivity contribution in [1.82, 2.24) is 10.5 Å². The first-order valence-electron chi connectivity index (χ1n) is 10.6. The summed E-state index contributed by atoms with van der Waals surface area (Å²) < 4.78 is 27.3. The Hall–Kier alpha value is -2.65. The molecule has 1 aromatic heterocycles. The third kappa shape index (κ3) is 7.70. The summed E-state index contributed by atoms with van der Waals surface area (Å²) in [6.07, 6.45) is 0.101. The summed E-state index contributed by atoms with van der Waals surface area (Å²) in [7, 11) is 3.23. The maximum atomic E-state index is 10.3. The number of aromatic nitrogens is 1. The van der Waals surface area contributed by atoms with Gasteiger partial charge >= 0.3 is 0 Å². The average Bonchev–Trinajstić information content (AvgIpc) is 3.16. The van der Waals surface area contributed by atoms with Gasteiger partial charge in [-0.1, -0.05) is 35.0 Å². The molecule has 1 heterocycles. The number of nitrogens with one attached hydrogen (secondary N) is 1. The third-order valence-corrected chi connectivity index (χ3v) is 5.40. The van der Waals surface area contributed by atoms with Crippen molar-refractivity contribution < 1.29 is 28.6 Å². The van der Waals surface area contributed by atoms with Crippen molar-refractivity contribution in [2.45, 2.75) is 26.1 Å². The molecule has 3 rings (SSSR count). The zero-order valence-corrected chi connectivity index (χ0v) is 20.9. The van der Waals surface area contributed by atoms with Crippen LogP contribution in [0.4, 0.5) is 0 Å². The first-order chi connectivity index (χ1) is 16.0. The van der Waals surface area contributed by atoms with Crippen LogP contribution in [0.25, 0.3) is 0 Å². The van der Waals surface area contributed by atoms with E-state index in [-0.39, 0.29) is 25.6 Å². The zero-order chi connectivity index (χ0) is 23.6. The number of aliphatic hydroxyl groups excluding tert-OH is 1. The van der Waals surface area contributed by atoms with Crippen molar-refractivity contribution in [2.75, 3.05) is 33.9 Å². The Balaban J connectivity index is 0.00000408. The lowest BCUT2D eigenvalue weighted by molar-refractivity contribution is 0.103. The molecule has 1 atom stereocenters. The molecular formula is C24H30Cl2N2O6. The molecule has 0 saturated carbocycles. The number of hydrogen-bond acceptors (Lipinski definition) is 8. The molecule has 0 fully saturated rings. The molecule has 0 radical (unpaired) electrons. The quantitative estimate of drug-likeness (QED) is 0.328. The standard InChI is InChI=1S/C24H29ClN2O6.ClH/c1-16-24(25)23(33-27-16)15-32-21-7-5-4-6-20(21)31-14-18(28)13-26-11-10-17-8-9-19(29-2)22(12-17)30-3;/h4-9,12,18,26,28H,10-11,13-15H2,1-3H3;1H. The second-order valence-corrected chi connectivity index (χ2v) is 7.73. The van der Waals surface area contributed by atoms with Crippen LogP contribution in [0, 0.1) is 6.92 Å². The van der Waals surface area contributed by atoms with Crippen LogP contribution in [-0.4, -0.2) is 50.3 Å². The molecule has 0 aliphatic carbocycles. The van der Waals surface area contributed by atoms with Gasteiger partial charge in [0.05, 0.1) is 19.9 Å². The molecule has 0 bridgehead atoms. The van der Waals surface area contributed by atoms with Gasteiger partial charge in [-0.05, 0) is 49.7 Å². The highest BCUT2D eigenvalue weighted by atomic mass is 35.5. The van der Waals surface area contributed by atoms with E-state index >= 15 is 0 Å². The summed E-state index contributed by atoms with van der Waals surface area (Å²) in [5.41, 5.74) is 1.72. The van der Waals surface area contributed by atoms with Crippen LogP contribution < -0.4 is 24.3 Å². The molecular weight excluding hydrogens is 483 g/mol. The fraction of sp³-hybridized carbons (Fsp3) is 0.375. The Morgan fingerprint density at radius 1 is 1.03 bits per heavy atom. The van der Waals surface area contributed by atoms with E-state index in [1.807, 2.05) is 30.3 Å². The number of methoxy groups -OCH3 is 2. The fourth-order valence-corrected chi connectivity index (χ4v) is 3.23. The second-order valence-electron chi connectivity index (χ2n) is 7.35. The van der Waals surface area contributed by atoms with Crippen LogP contribution >= 0.6 is 24.0 Å². The molecule has 0 amide bonds. The van der Waals surface area contributed by atoms with Crippen molar-refractivity contribution in [3.8, 4) is 23.0 Å². The van der Waals surface area contributed by atoms with Crippen LogP contribution in [0.2, 0.25) is 5.02 Å². The van der Waals surface area contributed by atoms with E-state index in [0.29, 0.717) is 52.6 Å². The molecule has 2 N–H and O–H groups in total. The van der Waals surface area contributed by atoms with Crippen LogP contribution in [0.1, 0.15) is 17.0 Å². The average molecular weight is 513 g/mol. The van der Waals surface area contributed by atoms with E-state index in [2.05, 4.69) is 10.5 Å². The Bertz CT molecular complexity index is 1030. The predicted molar refractivity (Wildman–Crippen MR) is 132 cm³/mol. The van der Waals surface area contributed by atoms with Crippen LogP contribution in [0.5, 0.6) is 23.0 Å². The van der Waals surface area contributed by atoms with E-state index in [9.17, 15) is 5.11 Å². The van der Waals surface area contributed by atoms with Gasteiger partial charge < -0.3 is 33.9 Å². The molecule has 0 aliphatic rings. The number of halogens is 2. The number of para-hydroxylation sites is 2. The minimum atomic E-state index is -0.685. The van der Waals surface area contributed by atoms with E-state index in [1.165, 1.54) is 0 Å². The Morgan fingerprint density at radius 3 is 2.38 bits per heavy atom. The molecule has 0 aliphatic heterocycles. The predicted octanol–water partition coefficient (Wildman–Crippen LogP) is 4.23. The van der Waals surface area contributed by atoms with Crippen LogP contribution in [-0.2, 0) is 13.0 Å². The summed E-state index contributed by atoms with van der Waals surface area (Å²) in [5.74, 6) is 2.89. The Kier molecular flexibility index (Phi) is 11.3. The Labute approximate surface area is 210 Å². The lowest BCUT2D eigenvalue weighted by atomic mass is 10.1. The number of rotatable bonds is 13. The summed E-state index contributed by atoms with van der Waals surface area (Å²) in [5, 5.41) is 17.8. The maximum absolute atomic E-state index is 10.3. The highest BCUT2D eigenvalue weighted by Crippen LogP contribution is 2.29. The zero-order valence-electron chi connectivity index (χ0n) is 19.4. The molecule has 34 heavy (non-hydrogen) atoms. The van der Waals surface area contributed by atoms with Crippen molar-refractivity contribution in [2.24, 2.45) is 0 Å². The summed E-state index contributed by atoms with van der Waals surface area (Å²) >= 11 is 6.13. The number of hydrogen-bond donors (Lipinski definition) is 2. The monoisotopic (exact) mass is 512 g/mol. The first-order valence-corrected chi connectivity index (χ1v) is 10.9. The van der Waals surface area contributed by atoms with Gasteiger partial charge in [0.15, 0.2) is 35.4 Å². The van der Waals surface area contributed by atoms with Crippen molar-refractivity contribution in [3.63, 3.8) is 0 Å². The topological polar surface area (TPSA) is 95.2 Å². The van der Waals surface area contributed by atoms with Gasteiger partial charge in [-0.15, -0.1) is 12.4 Å². The molecule has 186 valence electrons. The van der Waals surface area contributed by atoms with E-state index in [0.717, 1.165) is 12.0 Å². The second kappa shape index (κ2) is 13.9. The van der Waals surface area contributed by atoms with Gasteiger partial charge in [0.25, 0.3) is 0 Å². The van der Waals surface area contributed by atoms with E-state index in [1.54, 1.807) is 33.3 Å². The number of nitrogens with zero attached hydrogens (tertiary/aromatic N) is 1. The molecule has 0 saturated heterocycles. The van der Waals surface area contributed by atoms with Crippen molar-refractivity contribution in [3.05, 3.63) is 64.5 Å². The molecule has 8 nitrogen and oxygen atoms in total. The highest BCUT2D eigenvalue weighted by Gasteiger charge is 2.14. The van der Waals surface area contributed by atoms with E-state index < -0.39 is 6.10 Å². The summed E-state index contributed by atoms with van der Waals surface area (Å²) in [4.78, 5) is 0. The van der Waals surface area contributed by atoms with Crippen molar-refractivity contribution >= 4 is 24.0 Å². The molecule has 2 aromatic carbocycles. The lowest BCUT2D eigenvalue weighted by Gasteiger charge is -2.16. The van der Waals surface area contributed by atoms with E-state index in [4.69, 9.17) is 35.1 Å². The molecule has 10 heteroatoms. The Morgan fingerprint density at radius 2 is 1.74 bits per heavy atom. The first kappa shape index (κ1) is 27.6. The normalized spacial score (nSPS) is 11.4. The summed E-state index contributed by atoms with van der Waals surface area (Å²) in [6, 6.07) is 13.0. The number of aliphatic hydroxyl groups is 1. The SMILES string of the molecule is COc1ccc(CCNCC(O)COc2ccccc2OCc2onc(C)c2Cl)cc1OC.Cl. The van der Waals surface area contributed by atoms with Crippen molar-refractivity contribution in [1.29, 1.82) is 0 Å². The lowest BCUT2D eigenvalue weighted by Crippen LogP contribution is -2.32. The number of aryl methyl sites for hydroxylation is 1. The smallest absolute Gasteiger partial charge is 0.192 e. The number of benzene rings is 2. The van der Waals surface area contributed by atoms with Gasteiger partial charge in [-0.25, -0.2) is 0 Å². The molecule has 1 unspecified atom stereocenters. The molecule has 0 spiro atoms. The highest BCUT2D eigenvalue weighted by molar-refractivity contribution is 6.31. The van der Waals surface area contributed by atoms with Gasteiger partial charge in [0, 0.05) is 6.54 Å². The molecule has 3 aromatic rings. The van der Waals surface area contributed by atoms with Gasteiger partial charge in [0.2, 0.25) is 0 Å². The summed E-state index contributed by atoms with van der Waals surface area (Å²) in [6.45, 7) is 3.09. The van der Waals surface area contributed by atoms with Gasteiger partial charge in [-0.2, -0.15) is 0 Å². The largest absolute Gasteiger partial charge is 0.493 e. The van der Waals surface area contributed by atoms with Crippen LogP contribution in [0.15, 0.2) is 47.0 Å². The third-order valence-electron chi connectivity index (χ3n) is 4.91. The maximum Gasteiger partial charge on any atom is 0.192 e. The number of ether oxygens (including phenoxy) is 4. The van der Waals surface area contributed by atoms with Crippen LogP contribution in [0.3, 0.4) is 0 Å². The fourth-order valence-electron chi connectivity index (χ4n) is 3.11. The minimum absolute atomic E-state index is 0.